The Hall–Kier alpha value is -1.13. The van der Waals surface area contributed by atoms with Crippen LogP contribution >= 0.6 is 15.9 Å². The number of aryl methyl sites for hydroxylation is 2. The highest BCUT2D eigenvalue weighted by Gasteiger charge is 2.09. The van der Waals surface area contributed by atoms with Gasteiger partial charge in [-0.2, -0.15) is 0 Å². The van der Waals surface area contributed by atoms with E-state index in [-0.39, 0.29) is 0 Å². The van der Waals surface area contributed by atoms with Gasteiger partial charge in [-0.05, 0) is 44.1 Å². The molecule has 0 unspecified atom stereocenters. The van der Waals surface area contributed by atoms with Gasteiger partial charge in [0, 0.05) is 16.5 Å². The molecule has 0 amide bonds. The molecule has 0 radical (unpaired) electrons. The molecule has 2 rings (SSSR count). The van der Waals surface area contributed by atoms with Gasteiger partial charge >= 0.3 is 0 Å². The highest BCUT2D eigenvalue weighted by molar-refractivity contribution is 9.10. The van der Waals surface area contributed by atoms with Crippen LogP contribution in [0, 0.1) is 6.92 Å². The number of hydrogen-bond donors (Lipinski definition) is 1. The first kappa shape index (κ1) is 14.3. The van der Waals surface area contributed by atoms with E-state index in [1.54, 1.807) is 6.20 Å². The predicted octanol–water partition coefficient (Wildman–Crippen LogP) is 3.95. The van der Waals surface area contributed by atoms with E-state index in [4.69, 9.17) is 4.42 Å². The smallest absolute Gasteiger partial charge is 0.194 e. The van der Waals surface area contributed by atoms with E-state index in [0.29, 0.717) is 0 Å². The summed E-state index contributed by atoms with van der Waals surface area (Å²) in [6.45, 7) is 6.19. The molecule has 19 heavy (non-hydrogen) atoms. The first-order valence-corrected chi connectivity index (χ1v) is 7.42. The molecule has 1 aromatic carbocycles. The summed E-state index contributed by atoms with van der Waals surface area (Å²) >= 11 is 3.57. The lowest BCUT2D eigenvalue weighted by atomic mass is 10.1. The molecule has 3 nitrogen and oxygen atoms in total. The van der Waals surface area contributed by atoms with Crippen LogP contribution in [0.5, 0.6) is 0 Å². The number of oxazole rings is 1. The zero-order chi connectivity index (χ0) is 13.7. The molecule has 0 spiro atoms. The van der Waals surface area contributed by atoms with Crippen LogP contribution in [0.4, 0.5) is 0 Å². The van der Waals surface area contributed by atoms with Crippen molar-refractivity contribution in [2.45, 2.75) is 26.7 Å². The van der Waals surface area contributed by atoms with Crippen molar-refractivity contribution in [3.05, 3.63) is 40.3 Å². The number of rotatable bonds is 6. The summed E-state index contributed by atoms with van der Waals surface area (Å²) in [5.74, 6) is 1.63. The molecule has 102 valence electrons. The molecular weight excluding hydrogens is 304 g/mol. The summed E-state index contributed by atoms with van der Waals surface area (Å²) in [5, 5.41) is 3.30. The normalized spacial score (nSPS) is 10.9. The summed E-state index contributed by atoms with van der Waals surface area (Å²) in [5.41, 5.74) is 2.28. The Morgan fingerprint density at radius 1 is 1.37 bits per heavy atom. The SMILES string of the molecule is CCNCCCc1ncc(-c2ccc(C)cc2Br)o1. The molecule has 0 saturated heterocycles. The molecule has 0 atom stereocenters. The van der Waals surface area contributed by atoms with Crippen LogP contribution in [-0.2, 0) is 6.42 Å². The minimum atomic E-state index is 0.806. The average Bonchev–Trinajstić information content (AvgIpc) is 2.83. The topological polar surface area (TPSA) is 38.1 Å². The Bertz CT molecular complexity index is 537. The molecule has 0 saturated carbocycles. The molecule has 4 heteroatoms. The van der Waals surface area contributed by atoms with E-state index in [1.165, 1.54) is 5.56 Å². The van der Waals surface area contributed by atoms with Gasteiger partial charge in [-0.25, -0.2) is 4.98 Å². The number of nitrogens with zero attached hydrogens (tertiary/aromatic N) is 1. The van der Waals surface area contributed by atoms with Crippen LogP contribution in [0.1, 0.15) is 24.8 Å². The Labute approximate surface area is 122 Å². The summed E-state index contributed by atoms with van der Waals surface area (Å²) < 4.78 is 6.85. The average molecular weight is 323 g/mol. The first-order chi connectivity index (χ1) is 9.20. The molecule has 0 aliphatic carbocycles. The van der Waals surface area contributed by atoms with Crippen LogP contribution in [0.2, 0.25) is 0 Å². The predicted molar refractivity (Wildman–Crippen MR) is 81.2 cm³/mol. The fourth-order valence-electron chi connectivity index (χ4n) is 1.91. The highest BCUT2D eigenvalue weighted by atomic mass is 79.9. The zero-order valence-electron chi connectivity index (χ0n) is 11.4. The van der Waals surface area contributed by atoms with Gasteiger partial charge in [0.1, 0.15) is 0 Å². The second-order valence-corrected chi connectivity index (χ2v) is 5.41. The van der Waals surface area contributed by atoms with Crippen molar-refractivity contribution in [3.63, 3.8) is 0 Å². The van der Waals surface area contributed by atoms with E-state index in [1.807, 2.05) is 0 Å². The molecule has 0 fully saturated rings. The minimum Gasteiger partial charge on any atom is -0.441 e. The van der Waals surface area contributed by atoms with Crippen LogP contribution in [0.3, 0.4) is 0 Å². The maximum atomic E-state index is 5.80. The minimum absolute atomic E-state index is 0.806. The highest BCUT2D eigenvalue weighted by Crippen LogP contribution is 2.29. The molecule has 0 aliphatic heterocycles. The van der Waals surface area contributed by atoms with Gasteiger partial charge in [0.2, 0.25) is 0 Å². The zero-order valence-corrected chi connectivity index (χ0v) is 13.0. The van der Waals surface area contributed by atoms with Crippen molar-refractivity contribution in [2.24, 2.45) is 0 Å². The van der Waals surface area contributed by atoms with Gasteiger partial charge < -0.3 is 9.73 Å². The number of benzene rings is 1. The van der Waals surface area contributed by atoms with E-state index >= 15 is 0 Å². The third-order valence-electron chi connectivity index (χ3n) is 2.94. The monoisotopic (exact) mass is 322 g/mol. The molecular formula is C15H19BrN2O. The molecule has 0 bridgehead atoms. The molecule has 0 aliphatic rings. The molecule has 1 aromatic heterocycles. The van der Waals surface area contributed by atoms with Crippen LogP contribution < -0.4 is 5.32 Å². The Balaban J connectivity index is 2.04. The molecule has 1 N–H and O–H groups in total. The maximum absolute atomic E-state index is 5.80. The third kappa shape index (κ3) is 3.91. The Morgan fingerprint density at radius 3 is 2.95 bits per heavy atom. The van der Waals surface area contributed by atoms with E-state index in [9.17, 15) is 0 Å². The number of aromatic nitrogens is 1. The van der Waals surface area contributed by atoms with Gasteiger partial charge in [0.25, 0.3) is 0 Å². The maximum Gasteiger partial charge on any atom is 0.194 e. The summed E-state index contributed by atoms with van der Waals surface area (Å²) in [4.78, 5) is 4.34. The van der Waals surface area contributed by atoms with Gasteiger partial charge in [0.05, 0.1) is 6.20 Å². The van der Waals surface area contributed by atoms with Gasteiger partial charge in [-0.1, -0.05) is 28.9 Å². The summed E-state index contributed by atoms with van der Waals surface area (Å²) in [7, 11) is 0. The van der Waals surface area contributed by atoms with Crippen molar-refractivity contribution in [1.82, 2.24) is 10.3 Å². The number of hydrogen-bond acceptors (Lipinski definition) is 3. The van der Waals surface area contributed by atoms with Crippen molar-refractivity contribution in [3.8, 4) is 11.3 Å². The van der Waals surface area contributed by atoms with E-state index in [2.05, 4.69) is 58.3 Å². The van der Waals surface area contributed by atoms with Crippen molar-refractivity contribution < 1.29 is 4.42 Å². The van der Waals surface area contributed by atoms with Crippen LogP contribution in [0.25, 0.3) is 11.3 Å². The fourth-order valence-corrected chi connectivity index (χ4v) is 2.60. The van der Waals surface area contributed by atoms with Crippen molar-refractivity contribution >= 4 is 15.9 Å². The van der Waals surface area contributed by atoms with E-state index in [0.717, 1.165) is 47.6 Å². The lowest BCUT2D eigenvalue weighted by molar-refractivity contribution is 0.493. The standard InChI is InChI=1S/C15H19BrN2O/c1-3-17-8-4-5-15-18-10-14(19-15)12-7-6-11(2)9-13(12)16/h6-7,9-10,17H,3-5,8H2,1-2H3. The second-order valence-electron chi connectivity index (χ2n) is 4.56. The lowest BCUT2D eigenvalue weighted by Crippen LogP contribution is -2.14. The Kier molecular flexibility index (Phi) is 5.16. The summed E-state index contributed by atoms with van der Waals surface area (Å²) in [6.07, 6.45) is 3.72. The van der Waals surface area contributed by atoms with E-state index < -0.39 is 0 Å². The fraction of sp³-hybridized carbons (Fsp3) is 0.400. The summed E-state index contributed by atoms with van der Waals surface area (Å²) in [6, 6.07) is 6.22. The third-order valence-corrected chi connectivity index (χ3v) is 3.59. The quantitative estimate of drug-likeness (QED) is 0.818. The number of nitrogens with one attached hydrogen (secondary N) is 1. The van der Waals surface area contributed by atoms with Gasteiger partial charge in [-0.3, -0.25) is 0 Å². The second kappa shape index (κ2) is 6.87. The van der Waals surface area contributed by atoms with Crippen molar-refractivity contribution in [1.29, 1.82) is 0 Å². The van der Waals surface area contributed by atoms with Crippen molar-refractivity contribution in [2.75, 3.05) is 13.1 Å². The van der Waals surface area contributed by atoms with Gasteiger partial charge in [0.15, 0.2) is 11.7 Å². The molecule has 2 aromatic rings. The first-order valence-electron chi connectivity index (χ1n) is 6.62. The molecule has 1 heterocycles. The van der Waals surface area contributed by atoms with Crippen LogP contribution in [0.15, 0.2) is 33.3 Å². The van der Waals surface area contributed by atoms with Crippen LogP contribution in [-0.4, -0.2) is 18.1 Å². The largest absolute Gasteiger partial charge is 0.441 e. The Morgan fingerprint density at radius 2 is 2.21 bits per heavy atom. The lowest BCUT2D eigenvalue weighted by Gasteiger charge is -2.02. The van der Waals surface area contributed by atoms with Gasteiger partial charge in [-0.15, -0.1) is 0 Å². The number of halogens is 1.